The first-order chi connectivity index (χ1) is 13.2. The van der Waals surface area contributed by atoms with Crippen molar-refractivity contribution in [2.45, 2.75) is 7.43 Å². The van der Waals surface area contributed by atoms with Gasteiger partial charge in [-0.25, -0.2) is 0 Å². The molecule has 0 N–H and O–H groups in total. The first kappa shape index (κ1) is 18.4. The average molecular weight is 390 g/mol. The Bertz CT molecular complexity index is 1590. The van der Waals surface area contributed by atoms with E-state index in [-0.39, 0.29) is 50.5 Å². The third kappa shape index (κ3) is 2.02. The van der Waals surface area contributed by atoms with Gasteiger partial charge in [0.1, 0.15) is 0 Å². The molecule has 0 aliphatic carbocycles. The molecule has 0 radical (unpaired) electrons. The summed E-state index contributed by atoms with van der Waals surface area (Å²) in [6.07, 6.45) is 0. The van der Waals surface area contributed by atoms with Crippen molar-refractivity contribution in [1.29, 1.82) is 0 Å². The van der Waals surface area contributed by atoms with E-state index in [9.17, 15) is 28.8 Å². The molecule has 0 spiro atoms. The molecule has 0 saturated carbocycles. The molecule has 0 bridgehead atoms. The average Bonchev–Trinajstić information content (AvgIpc) is 3.04. The maximum Gasteiger partial charge on any atom is 0.261 e. The fourth-order valence-electron chi connectivity index (χ4n) is 3.86. The minimum atomic E-state index is -0.551. The summed E-state index contributed by atoms with van der Waals surface area (Å²) in [5.74, 6) is 0. The Morgan fingerprint density at radius 3 is 0.862 bits per heavy atom. The number of aromatic nitrogens is 2. The van der Waals surface area contributed by atoms with E-state index in [1.54, 1.807) is 0 Å². The largest absolute Gasteiger partial charge is 0.289 e. The monoisotopic (exact) mass is 390 g/mol. The summed E-state index contributed by atoms with van der Waals surface area (Å²) in [7, 11) is 2.64. The van der Waals surface area contributed by atoms with Crippen LogP contribution >= 0.6 is 0 Å². The lowest BCUT2D eigenvalue weighted by atomic mass is 9.98. The van der Waals surface area contributed by atoms with Crippen LogP contribution in [0, 0.1) is 0 Å². The standard InChI is InChI=1S/C20H10N2O6.CH4/c1-21-17(25)11-3-7-8(4-12(11)18(21)26)16(24)10-6-14-13(5-9(10)15(7)23)19(27)22(2)20(14)28;/h3-6H,1-2H3;1H4. The molecular formula is C21H14N2O6. The van der Waals surface area contributed by atoms with Gasteiger partial charge in [-0.2, -0.15) is 0 Å². The minimum absolute atomic E-state index is 0. The fraction of sp³-hybridized carbons (Fsp3) is 0.143. The predicted molar refractivity (Wildman–Crippen MR) is 112 cm³/mol. The highest BCUT2D eigenvalue weighted by Gasteiger charge is 2.19. The Balaban J connectivity index is 0.00000205. The van der Waals surface area contributed by atoms with Gasteiger partial charge in [0.2, 0.25) is 0 Å². The number of benzene rings is 3. The predicted octanol–water partition coefficient (Wildman–Crippen LogP) is 0.0871. The zero-order valence-electron chi connectivity index (χ0n) is 14.7. The van der Waals surface area contributed by atoms with Gasteiger partial charge in [-0.05, 0) is 24.3 Å². The zero-order chi connectivity index (χ0) is 20.1. The number of hydrogen-bond donors (Lipinski definition) is 0. The summed E-state index contributed by atoms with van der Waals surface area (Å²) in [6, 6.07) is 5.02. The normalized spacial score (nSPS) is 11.7. The second-order valence-electron chi connectivity index (χ2n) is 6.88. The quantitative estimate of drug-likeness (QED) is 0.346. The maximum atomic E-state index is 13.0. The molecule has 0 saturated heterocycles. The van der Waals surface area contributed by atoms with E-state index in [2.05, 4.69) is 0 Å². The smallest absolute Gasteiger partial charge is 0.261 e. The summed E-state index contributed by atoms with van der Waals surface area (Å²) in [5.41, 5.74) is -3.29. The van der Waals surface area contributed by atoms with Crippen molar-refractivity contribution in [2.75, 3.05) is 0 Å². The third-order valence-corrected chi connectivity index (χ3v) is 5.43. The van der Waals surface area contributed by atoms with Crippen LogP contribution in [-0.4, -0.2) is 9.13 Å². The molecule has 0 aliphatic heterocycles. The van der Waals surface area contributed by atoms with Crippen LogP contribution in [-0.2, 0) is 14.1 Å². The van der Waals surface area contributed by atoms with Crippen LogP contribution in [0.15, 0.2) is 53.0 Å². The van der Waals surface area contributed by atoms with Crippen LogP contribution in [0.25, 0.3) is 43.1 Å². The first-order valence-electron chi connectivity index (χ1n) is 8.32. The highest BCUT2D eigenvalue weighted by atomic mass is 16.2. The Morgan fingerprint density at radius 2 is 0.655 bits per heavy atom. The Morgan fingerprint density at radius 1 is 0.448 bits per heavy atom. The molecule has 0 atom stereocenters. The van der Waals surface area contributed by atoms with Gasteiger partial charge in [0, 0.05) is 35.6 Å². The second kappa shape index (κ2) is 5.54. The molecule has 144 valence electrons. The summed E-state index contributed by atoms with van der Waals surface area (Å²) < 4.78 is 1.83. The number of fused-ring (bicyclic) bond motifs is 4. The van der Waals surface area contributed by atoms with E-state index in [1.807, 2.05) is 0 Å². The van der Waals surface area contributed by atoms with Crippen LogP contribution in [0.2, 0.25) is 0 Å². The molecule has 5 aromatic rings. The SMILES string of the molecule is C.Cn1c(=O)c2cc3c(=O)c4cc5c(=O)n(C)c(=O)c5cc4c(=O)c3cc2c1=O. The van der Waals surface area contributed by atoms with Gasteiger partial charge in [0.05, 0.1) is 21.5 Å². The van der Waals surface area contributed by atoms with Gasteiger partial charge < -0.3 is 0 Å². The lowest BCUT2D eigenvalue weighted by molar-refractivity contribution is 0.856. The molecule has 5 rings (SSSR count). The van der Waals surface area contributed by atoms with Crippen molar-refractivity contribution in [3.63, 3.8) is 0 Å². The van der Waals surface area contributed by atoms with Gasteiger partial charge in [0.25, 0.3) is 22.2 Å². The van der Waals surface area contributed by atoms with Gasteiger partial charge in [-0.1, -0.05) is 7.43 Å². The van der Waals surface area contributed by atoms with E-state index in [1.165, 1.54) is 38.4 Å². The maximum absolute atomic E-state index is 13.0. The van der Waals surface area contributed by atoms with E-state index < -0.39 is 33.1 Å². The van der Waals surface area contributed by atoms with Gasteiger partial charge in [0.15, 0.2) is 10.9 Å². The molecule has 8 heteroatoms. The molecule has 0 amide bonds. The van der Waals surface area contributed by atoms with Crippen molar-refractivity contribution in [2.24, 2.45) is 14.1 Å². The van der Waals surface area contributed by atoms with Crippen LogP contribution in [0.5, 0.6) is 0 Å². The van der Waals surface area contributed by atoms with E-state index >= 15 is 0 Å². The summed E-state index contributed by atoms with van der Waals surface area (Å²) in [4.78, 5) is 74.9. The molecule has 8 nitrogen and oxygen atoms in total. The van der Waals surface area contributed by atoms with Crippen LogP contribution in [0.4, 0.5) is 0 Å². The first-order valence-corrected chi connectivity index (χ1v) is 8.32. The van der Waals surface area contributed by atoms with Crippen LogP contribution < -0.4 is 33.1 Å². The van der Waals surface area contributed by atoms with Crippen LogP contribution in [0.3, 0.4) is 0 Å². The van der Waals surface area contributed by atoms with E-state index in [4.69, 9.17) is 0 Å². The van der Waals surface area contributed by atoms with Crippen molar-refractivity contribution >= 4 is 43.1 Å². The number of rotatable bonds is 0. The summed E-state index contributed by atoms with van der Waals surface area (Å²) >= 11 is 0. The van der Waals surface area contributed by atoms with Crippen molar-refractivity contribution in [3.8, 4) is 0 Å². The number of nitrogens with zero attached hydrogens (tertiary/aromatic N) is 2. The van der Waals surface area contributed by atoms with E-state index in [0.29, 0.717) is 0 Å². The Kier molecular flexibility index (Phi) is 3.52. The minimum Gasteiger partial charge on any atom is -0.289 e. The molecular weight excluding hydrogens is 376 g/mol. The zero-order valence-corrected chi connectivity index (χ0v) is 14.7. The molecule has 2 aromatic heterocycles. The van der Waals surface area contributed by atoms with Gasteiger partial charge >= 0.3 is 0 Å². The van der Waals surface area contributed by atoms with Crippen LogP contribution in [0.1, 0.15) is 7.43 Å². The topological polar surface area (TPSA) is 112 Å². The van der Waals surface area contributed by atoms with Gasteiger partial charge in [-0.3, -0.25) is 37.9 Å². The van der Waals surface area contributed by atoms with Crippen molar-refractivity contribution in [1.82, 2.24) is 9.13 Å². The highest BCUT2D eigenvalue weighted by Crippen LogP contribution is 2.20. The molecule has 0 unspecified atom stereocenters. The molecule has 0 fully saturated rings. The summed E-state index contributed by atoms with van der Waals surface area (Å²) in [5, 5.41) is 0.225. The highest BCUT2D eigenvalue weighted by molar-refractivity contribution is 6.07. The second-order valence-corrected chi connectivity index (χ2v) is 6.88. The summed E-state index contributed by atoms with van der Waals surface area (Å²) in [6.45, 7) is 0. The molecule has 29 heavy (non-hydrogen) atoms. The van der Waals surface area contributed by atoms with Crippen molar-refractivity contribution in [3.05, 3.63) is 86.1 Å². The van der Waals surface area contributed by atoms with Gasteiger partial charge in [-0.15, -0.1) is 0 Å². The lowest BCUT2D eigenvalue weighted by Crippen LogP contribution is -2.20. The Hall–Kier alpha value is -3.94. The number of hydrogen-bond acceptors (Lipinski definition) is 6. The fourth-order valence-corrected chi connectivity index (χ4v) is 3.86. The lowest BCUT2D eigenvalue weighted by Gasteiger charge is -2.01. The molecule has 2 heterocycles. The third-order valence-electron chi connectivity index (χ3n) is 5.43. The van der Waals surface area contributed by atoms with Crippen molar-refractivity contribution < 1.29 is 0 Å². The molecule has 0 aliphatic rings. The Labute approximate surface area is 160 Å². The molecule has 3 aromatic carbocycles. The van der Waals surface area contributed by atoms with E-state index in [0.717, 1.165) is 9.13 Å².